The summed E-state index contributed by atoms with van der Waals surface area (Å²) in [6.07, 6.45) is 0. The van der Waals surface area contributed by atoms with Gasteiger partial charge in [0, 0.05) is 5.69 Å². The maximum absolute atomic E-state index is 13.8. The van der Waals surface area contributed by atoms with Gasteiger partial charge in [-0.05, 0) is 37.1 Å². The summed E-state index contributed by atoms with van der Waals surface area (Å²) in [5.41, 5.74) is 2.33. The molecule has 0 fully saturated rings. The van der Waals surface area contributed by atoms with Crippen molar-refractivity contribution in [3.63, 3.8) is 0 Å². The first-order valence-corrected chi connectivity index (χ1v) is 5.76. The number of nitriles is 1. The lowest BCUT2D eigenvalue weighted by molar-refractivity contribution is 0.509. The number of aryl methyl sites for hydroxylation is 2. The van der Waals surface area contributed by atoms with Crippen molar-refractivity contribution >= 4 is 11.4 Å². The van der Waals surface area contributed by atoms with Gasteiger partial charge in [-0.3, -0.25) is 0 Å². The molecule has 0 aliphatic heterocycles. The average molecular weight is 258 g/mol. The Morgan fingerprint density at radius 2 is 1.63 bits per heavy atom. The normalized spacial score (nSPS) is 10.1. The van der Waals surface area contributed by atoms with Crippen LogP contribution in [0.5, 0.6) is 0 Å². The van der Waals surface area contributed by atoms with Crippen LogP contribution in [0, 0.1) is 36.8 Å². The zero-order valence-corrected chi connectivity index (χ0v) is 10.6. The minimum absolute atomic E-state index is 0.0221. The minimum Gasteiger partial charge on any atom is -0.353 e. The van der Waals surface area contributed by atoms with Gasteiger partial charge >= 0.3 is 0 Å². The Balaban J connectivity index is 2.46. The molecule has 0 saturated heterocycles. The maximum Gasteiger partial charge on any atom is 0.183 e. The summed E-state index contributed by atoms with van der Waals surface area (Å²) in [7, 11) is 0. The van der Waals surface area contributed by atoms with Crippen molar-refractivity contribution in [1.82, 2.24) is 0 Å². The van der Waals surface area contributed by atoms with E-state index in [4.69, 9.17) is 5.26 Å². The molecule has 0 radical (unpaired) electrons. The molecule has 0 atom stereocenters. The minimum atomic E-state index is -1.13. The van der Waals surface area contributed by atoms with Gasteiger partial charge in [-0.2, -0.15) is 5.26 Å². The topological polar surface area (TPSA) is 35.8 Å². The van der Waals surface area contributed by atoms with E-state index in [-0.39, 0.29) is 11.3 Å². The summed E-state index contributed by atoms with van der Waals surface area (Å²) in [5, 5.41) is 11.5. The van der Waals surface area contributed by atoms with E-state index in [1.807, 2.05) is 32.0 Å². The van der Waals surface area contributed by atoms with Gasteiger partial charge in [0.2, 0.25) is 0 Å². The van der Waals surface area contributed by atoms with Gasteiger partial charge in [0.1, 0.15) is 6.07 Å². The third-order valence-corrected chi connectivity index (χ3v) is 2.94. The first-order valence-electron chi connectivity index (χ1n) is 5.76. The Morgan fingerprint density at radius 1 is 1.00 bits per heavy atom. The van der Waals surface area contributed by atoms with E-state index in [9.17, 15) is 8.78 Å². The third kappa shape index (κ3) is 2.41. The summed E-state index contributed by atoms with van der Waals surface area (Å²) < 4.78 is 27.3. The van der Waals surface area contributed by atoms with Gasteiger partial charge in [0.05, 0.1) is 11.3 Å². The van der Waals surface area contributed by atoms with Crippen LogP contribution in [0.15, 0.2) is 30.3 Å². The highest BCUT2D eigenvalue weighted by molar-refractivity contribution is 5.67. The van der Waals surface area contributed by atoms with Gasteiger partial charge in [-0.15, -0.1) is 0 Å². The van der Waals surface area contributed by atoms with Gasteiger partial charge in [-0.25, -0.2) is 8.78 Å². The van der Waals surface area contributed by atoms with Crippen molar-refractivity contribution in [3.8, 4) is 6.07 Å². The number of nitrogens with zero attached hydrogens (tertiary/aromatic N) is 1. The summed E-state index contributed by atoms with van der Waals surface area (Å²) in [5.74, 6) is -2.17. The number of hydrogen-bond acceptors (Lipinski definition) is 2. The van der Waals surface area contributed by atoms with Crippen LogP contribution in [0.3, 0.4) is 0 Å². The standard InChI is InChI=1S/C15H12F2N2/c1-9-4-3-5-10(2)15(9)19-12-7-6-11(8-18)13(16)14(12)17/h3-7,19H,1-2H3. The number of nitrogens with one attached hydrogen (secondary N) is 1. The van der Waals surface area contributed by atoms with Gasteiger partial charge in [-0.1, -0.05) is 18.2 Å². The highest BCUT2D eigenvalue weighted by Gasteiger charge is 2.14. The number of para-hydroxylation sites is 1. The first-order chi connectivity index (χ1) is 9.04. The van der Waals surface area contributed by atoms with Crippen LogP contribution < -0.4 is 5.32 Å². The van der Waals surface area contributed by atoms with Crippen molar-refractivity contribution in [2.45, 2.75) is 13.8 Å². The molecule has 0 aromatic heterocycles. The molecule has 0 heterocycles. The molecule has 0 saturated carbocycles. The average Bonchev–Trinajstić information content (AvgIpc) is 2.39. The second-order valence-electron chi connectivity index (χ2n) is 4.29. The molecule has 0 bridgehead atoms. The fourth-order valence-electron chi connectivity index (χ4n) is 1.88. The van der Waals surface area contributed by atoms with E-state index in [2.05, 4.69) is 5.32 Å². The van der Waals surface area contributed by atoms with Gasteiger partial charge < -0.3 is 5.32 Å². The molecule has 0 amide bonds. The van der Waals surface area contributed by atoms with Crippen LogP contribution >= 0.6 is 0 Å². The quantitative estimate of drug-likeness (QED) is 0.876. The van der Waals surface area contributed by atoms with E-state index in [0.29, 0.717) is 0 Å². The first kappa shape index (κ1) is 13.0. The summed E-state index contributed by atoms with van der Waals surface area (Å²) in [6, 6.07) is 9.89. The number of anilines is 2. The Kier molecular flexibility index (Phi) is 3.48. The monoisotopic (exact) mass is 258 g/mol. The molecule has 2 rings (SSSR count). The molecule has 19 heavy (non-hydrogen) atoms. The molecule has 0 aliphatic rings. The second-order valence-corrected chi connectivity index (χ2v) is 4.29. The second kappa shape index (κ2) is 5.07. The van der Waals surface area contributed by atoms with E-state index in [1.54, 1.807) is 6.07 Å². The van der Waals surface area contributed by atoms with E-state index < -0.39 is 11.6 Å². The Bertz CT molecular complexity index is 652. The SMILES string of the molecule is Cc1cccc(C)c1Nc1ccc(C#N)c(F)c1F. The zero-order valence-electron chi connectivity index (χ0n) is 10.6. The van der Waals surface area contributed by atoms with Gasteiger partial charge in [0.15, 0.2) is 11.6 Å². The maximum atomic E-state index is 13.8. The fourth-order valence-corrected chi connectivity index (χ4v) is 1.88. The molecule has 4 heteroatoms. The molecule has 1 N–H and O–H groups in total. The molecule has 0 unspecified atom stereocenters. The highest BCUT2D eigenvalue weighted by Crippen LogP contribution is 2.27. The van der Waals surface area contributed by atoms with Crippen molar-refractivity contribution < 1.29 is 8.78 Å². The molecular weight excluding hydrogens is 246 g/mol. The van der Waals surface area contributed by atoms with Crippen molar-refractivity contribution in [1.29, 1.82) is 5.26 Å². The number of hydrogen-bond donors (Lipinski definition) is 1. The molecular formula is C15H12F2N2. The highest BCUT2D eigenvalue weighted by atomic mass is 19.2. The van der Waals surface area contributed by atoms with Crippen LogP contribution in [0.1, 0.15) is 16.7 Å². The van der Waals surface area contributed by atoms with Crippen LogP contribution in [-0.2, 0) is 0 Å². The van der Waals surface area contributed by atoms with Crippen LogP contribution in [0.4, 0.5) is 20.2 Å². The van der Waals surface area contributed by atoms with Crippen LogP contribution in [-0.4, -0.2) is 0 Å². The largest absolute Gasteiger partial charge is 0.353 e. The molecule has 96 valence electrons. The number of rotatable bonds is 2. The molecule has 2 aromatic rings. The summed E-state index contributed by atoms with van der Waals surface area (Å²) in [6.45, 7) is 3.76. The predicted octanol–water partition coefficient (Wildman–Crippen LogP) is 4.20. The number of benzene rings is 2. The fraction of sp³-hybridized carbons (Fsp3) is 0.133. The van der Waals surface area contributed by atoms with Crippen molar-refractivity contribution in [2.75, 3.05) is 5.32 Å². The lowest BCUT2D eigenvalue weighted by atomic mass is 10.1. The van der Waals surface area contributed by atoms with E-state index in [0.717, 1.165) is 16.8 Å². The Hall–Kier alpha value is -2.41. The Labute approximate surface area is 110 Å². The van der Waals surface area contributed by atoms with Crippen molar-refractivity contribution in [3.05, 3.63) is 58.7 Å². The molecule has 0 spiro atoms. The molecule has 2 aromatic carbocycles. The smallest absolute Gasteiger partial charge is 0.183 e. The lowest BCUT2D eigenvalue weighted by Gasteiger charge is -2.13. The molecule has 2 nitrogen and oxygen atoms in total. The lowest BCUT2D eigenvalue weighted by Crippen LogP contribution is -2.01. The van der Waals surface area contributed by atoms with Crippen molar-refractivity contribution in [2.24, 2.45) is 0 Å². The molecule has 0 aliphatic carbocycles. The van der Waals surface area contributed by atoms with Crippen LogP contribution in [0.2, 0.25) is 0 Å². The predicted molar refractivity (Wildman–Crippen MR) is 70.3 cm³/mol. The summed E-state index contributed by atoms with van der Waals surface area (Å²) in [4.78, 5) is 0. The van der Waals surface area contributed by atoms with Crippen LogP contribution in [0.25, 0.3) is 0 Å². The third-order valence-electron chi connectivity index (χ3n) is 2.94. The van der Waals surface area contributed by atoms with E-state index in [1.165, 1.54) is 12.1 Å². The zero-order chi connectivity index (χ0) is 14.0. The Morgan fingerprint density at radius 3 is 2.21 bits per heavy atom. The summed E-state index contributed by atoms with van der Waals surface area (Å²) >= 11 is 0. The van der Waals surface area contributed by atoms with E-state index >= 15 is 0 Å². The van der Waals surface area contributed by atoms with Gasteiger partial charge in [0.25, 0.3) is 0 Å². The number of halogens is 2.